The number of anilines is 1. The van der Waals surface area contributed by atoms with Crippen molar-refractivity contribution in [1.82, 2.24) is 0 Å². The molecule has 5 nitrogen and oxygen atoms in total. The summed E-state index contributed by atoms with van der Waals surface area (Å²) in [6, 6.07) is 10.7. The minimum Gasteiger partial charge on any atom is -0.508 e. The van der Waals surface area contributed by atoms with Gasteiger partial charge in [0.15, 0.2) is 0 Å². The zero-order chi connectivity index (χ0) is 14.8. The van der Waals surface area contributed by atoms with E-state index in [1.165, 1.54) is 31.4 Å². The molecule has 2 aromatic rings. The van der Waals surface area contributed by atoms with Gasteiger partial charge in [0.25, 0.3) is 10.0 Å². The third kappa shape index (κ3) is 3.03. The number of phenolic OH excluding ortho intramolecular Hbond substituents is 1. The molecule has 0 spiro atoms. The molecule has 0 fully saturated rings. The Labute approximate surface area is 117 Å². The van der Waals surface area contributed by atoms with Crippen molar-refractivity contribution in [2.24, 2.45) is 0 Å². The van der Waals surface area contributed by atoms with Crippen LogP contribution >= 0.6 is 0 Å². The second kappa shape index (κ2) is 5.42. The Morgan fingerprint density at radius 3 is 2.55 bits per heavy atom. The van der Waals surface area contributed by atoms with E-state index < -0.39 is 10.0 Å². The highest BCUT2D eigenvalue weighted by Gasteiger charge is 2.17. The van der Waals surface area contributed by atoms with E-state index in [-0.39, 0.29) is 10.6 Å². The van der Waals surface area contributed by atoms with Gasteiger partial charge in [-0.15, -0.1) is 0 Å². The van der Waals surface area contributed by atoms with Gasteiger partial charge in [0.05, 0.1) is 17.7 Å². The molecule has 20 heavy (non-hydrogen) atoms. The van der Waals surface area contributed by atoms with Crippen LogP contribution in [0, 0.1) is 6.92 Å². The summed E-state index contributed by atoms with van der Waals surface area (Å²) in [4.78, 5) is -0.0129. The first-order valence-corrected chi connectivity index (χ1v) is 7.37. The van der Waals surface area contributed by atoms with E-state index in [0.29, 0.717) is 11.4 Å². The molecule has 0 bridgehead atoms. The molecule has 0 saturated carbocycles. The molecule has 0 aliphatic heterocycles. The number of ether oxygens (including phenoxy) is 1. The van der Waals surface area contributed by atoms with Gasteiger partial charge in [-0.05, 0) is 36.8 Å². The molecule has 0 atom stereocenters. The summed E-state index contributed by atoms with van der Waals surface area (Å²) in [5.74, 6) is 0.323. The fourth-order valence-electron chi connectivity index (χ4n) is 1.76. The van der Waals surface area contributed by atoms with Crippen molar-refractivity contribution in [2.75, 3.05) is 11.8 Å². The molecule has 6 heteroatoms. The van der Waals surface area contributed by atoms with Gasteiger partial charge in [0.1, 0.15) is 11.5 Å². The first-order chi connectivity index (χ1) is 9.42. The summed E-state index contributed by atoms with van der Waals surface area (Å²) in [5.41, 5.74) is 1.26. The fourth-order valence-corrected chi connectivity index (χ4v) is 2.86. The number of aryl methyl sites for hydroxylation is 1. The van der Waals surface area contributed by atoms with E-state index in [0.717, 1.165) is 5.56 Å². The van der Waals surface area contributed by atoms with Crippen LogP contribution in [0.1, 0.15) is 5.56 Å². The maximum absolute atomic E-state index is 12.3. The fraction of sp³-hybridized carbons (Fsp3) is 0.143. The van der Waals surface area contributed by atoms with E-state index in [9.17, 15) is 13.5 Å². The first kappa shape index (κ1) is 14.2. The van der Waals surface area contributed by atoms with Crippen LogP contribution in [0.25, 0.3) is 0 Å². The highest BCUT2D eigenvalue weighted by molar-refractivity contribution is 7.92. The number of sulfonamides is 1. The van der Waals surface area contributed by atoms with Crippen LogP contribution in [-0.2, 0) is 10.0 Å². The van der Waals surface area contributed by atoms with Crippen LogP contribution in [-0.4, -0.2) is 20.6 Å². The number of phenols is 1. The van der Waals surface area contributed by atoms with Crippen molar-refractivity contribution in [3.63, 3.8) is 0 Å². The topological polar surface area (TPSA) is 75.6 Å². The number of rotatable bonds is 4. The number of hydrogen-bond donors (Lipinski definition) is 2. The van der Waals surface area contributed by atoms with Crippen molar-refractivity contribution < 1.29 is 18.3 Å². The largest absolute Gasteiger partial charge is 0.508 e. The molecular formula is C14H15NO4S. The summed E-state index contributed by atoms with van der Waals surface area (Å²) in [6.45, 7) is 1.85. The molecule has 0 heterocycles. The SMILES string of the molecule is COc1ccc(C)cc1NS(=O)(=O)c1cccc(O)c1. The highest BCUT2D eigenvalue weighted by Crippen LogP contribution is 2.28. The third-order valence-electron chi connectivity index (χ3n) is 2.73. The normalized spacial score (nSPS) is 11.1. The molecule has 0 radical (unpaired) electrons. The summed E-state index contributed by atoms with van der Waals surface area (Å²) < 4.78 is 32.1. The van der Waals surface area contributed by atoms with Gasteiger partial charge >= 0.3 is 0 Å². The minimum absolute atomic E-state index is 0.0129. The molecule has 106 valence electrons. The van der Waals surface area contributed by atoms with Crippen molar-refractivity contribution in [2.45, 2.75) is 11.8 Å². The van der Waals surface area contributed by atoms with E-state index >= 15 is 0 Å². The molecule has 0 saturated heterocycles. The van der Waals surface area contributed by atoms with Crippen LogP contribution in [0.15, 0.2) is 47.4 Å². The lowest BCUT2D eigenvalue weighted by molar-refractivity contribution is 0.417. The molecule has 0 aliphatic rings. The van der Waals surface area contributed by atoms with Crippen molar-refractivity contribution in [3.05, 3.63) is 48.0 Å². The summed E-state index contributed by atoms with van der Waals surface area (Å²) in [6.07, 6.45) is 0. The van der Waals surface area contributed by atoms with Crippen molar-refractivity contribution in [1.29, 1.82) is 0 Å². The maximum atomic E-state index is 12.3. The molecule has 0 aliphatic carbocycles. The lowest BCUT2D eigenvalue weighted by atomic mass is 10.2. The van der Waals surface area contributed by atoms with Gasteiger partial charge in [-0.3, -0.25) is 4.72 Å². The molecule has 0 amide bonds. The lowest BCUT2D eigenvalue weighted by Crippen LogP contribution is -2.13. The zero-order valence-electron chi connectivity index (χ0n) is 11.1. The Morgan fingerprint density at radius 2 is 1.90 bits per heavy atom. The van der Waals surface area contributed by atoms with Gasteiger partial charge in [-0.25, -0.2) is 8.42 Å². The van der Waals surface area contributed by atoms with Crippen LogP contribution in [0.4, 0.5) is 5.69 Å². The third-order valence-corrected chi connectivity index (χ3v) is 4.09. The van der Waals surface area contributed by atoms with Gasteiger partial charge in [0.2, 0.25) is 0 Å². The van der Waals surface area contributed by atoms with Crippen molar-refractivity contribution in [3.8, 4) is 11.5 Å². The van der Waals surface area contributed by atoms with Crippen LogP contribution in [0.3, 0.4) is 0 Å². The Kier molecular flexibility index (Phi) is 3.85. The number of nitrogens with one attached hydrogen (secondary N) is 1. The minimum atomic E-state index is -3.78. The number of aromatic hydroxyl groups is 1. The van der Waals surface area contributed by atoms with Crippen LogP contribution < -0.4 is 9.46 Å². The first-order valence-electron chi connectivity index (χ1n) is 5.89. The second-order valence-corrected chi connectivity index (χ2v) is 5.99. The molecular weight excluding hydrogens is 278 g/mol. The standard InChI is InChI=1S/C14H15NO4S/c1-10-6-7-14(19-2)13(8-10)15-20(17,18)12-5-3-4-11(16)9-12/h3-9,15-16H,1-2H3. The predicted octanol–water partition coefficient (Wildman–Crippen LogP) is 2.51. The van der Waals surface area contributed by atoms with Crippen LogP contribution in [0.2, 0.25) is 0 Å². The quantitative estimate of drug-likeness (QED) is 0.908. The summed E-state index contributed by atoms with van der Waals surface area (Å²) in [7, 11) is -2.31. The number of benzene rings is 2. The van der Waals surface area contributed by atoms with E-state index in [2.05, 4.69) is 4.72 Å². The Hall–Kier alpha value is -2.21. The predicted molar refractivity (Wildman–Crippen MR) is 76.6 cm³/mol. The van der Waals surface area contributed by atoms with E-state index in [1.54, 1.807) is 12.1 Å². The Morgan fingerprint density at radius 1 is 1.15 bits per heavy atom. The molecule has 0 aromatic heterocycles. The molecule has 2 N–H and O–H groups in total. The summed E-state index contributed by atoms with van der Waals surface area (Å²) >= 11 is 0. The monoisotopic (exact) mass is 293 g/mol. The number of methoxy groups -OCH3 is 1. The molecule has 2 rings (SSSR count). The smallest absolute Gasteiger partial charge is 0.262 e. The van der Waals surface area contributed by atoms with Gasteiger partial charge in [0, 0.05) is 6.07 Å². The maximum Gasteiger partial charge on any atom is 0.262 e. The Bertz CT molecular complexity index is 726. The van der Waals surface area contributed by atoms with Gasteiger partial charge in [-0.1, -0.05) is 12.1 Å². The summed E-state index contributed by atoms with van der Waals surface area (Å²) in [5, 5.41) is 9.37. The lowest BCUT2D eigenvalue weighted by Gasteiger charge is -2.12. The number of hydrogen-bond acceptors (Lipinski definition) is 4. The average molecular weight is 293 g/mol. The molecule has 2 aromatic carbocycles. The molecule has 0 unspecified atom stereocenters. The Balaban J connectivity index is 2.40. The highest BCUT2D eigenvalue weighted by atomic mass is 32.2. The average Bonchev–Trinajstić information content (AvgIpc) is 2.38. The zero-order valence-corrected chi connectivity index (χ0v) is 11.9. The van der Waals surface area contributed by atoms with Gasteiger partial charge in [-0.2, -0.15) is 0 Å². The van der Waals surface area contributed by atoms with Crippen LogP contribution in [0.5, 0.6) is 11.5 Å². The van der Waals surface area contributed by atoms with E-state index in [4.69, 9.17) is 4.74 Å². The van der Waals surface area contributed by atoms with Gasteiger partial charge < -0.3 is 9.84 Å². The van der Waals surface area contributed by atoms with Crippen molar-refractivity contribution >= 4 is 15.7 Å². The van der Waals surface area contributed by atoms with E-state index in [1.807, 2.05) is 13.0 Å². The second-order valence-electron chi connectivity index (χ2n) is 4.31.